The molecule has 35 heavy (non-hydrogen) atoms. The smallest absolute Gasteiger partial charge is 0.228 e. The molecule has 3 aromatic heterocycles. The molecule has 0 aromatic carbocycles. The highest BCUT2D eigenvalue weighted by molar-refractivity contribution is 6.64. The van der Waals surface area contributed by atoms with Gasteiger partial charge in [-0.1, -0.05) is 10.2 Å². The van der Waals surface area contributed by atoms with Crippen molar-refractivity contribution in [1.82, 2.24) is 20.3 Å². The van der Waals surface area contributed by atoms with Gasteiger partial charge in [-0.15, -0.1) is 0 Å². The van der Waals surface area contributed by atoms with Crippen molar-refractivity contribution >= 4 is 69.6 Å². The van der Waals surface area contributed by atoms with E-state index in [1.807, 2.05) is 12.1 Å². The highest BCUT2D eigenvalue weighted by atomic mass is 16.4. The number of nitrogens with one attached hydrogen (secondary N) is 2. The number of nitrogens with zero attached hydrogens (tertiary/aromatic N) is 3. The van der Waals surface area contributed by atoms with E-state index in [9.17, 15) is 4.79 Å². The fourth-order valence-electron chi connectivity index (χ4n) is 5.51. The van der Waals surface area contributed by atoms with E-state index in [0.29, 0.717) is 35.2 Å². The van der Waals surface area contributed by atoms with E-state index >= 15 is 0 Å². The number of pyridine rings is 2. The lowest BCUT2D eigenvalue weighted by Crippen LogP contribution is -2.55. The van der Waals surface area contributed by atoms with Gasteiger partial charge in [-0.3, -0.25) is 9.78 Å². The molecule has 2 N–H and O–H groups in total. The summed E-state index contributed by atoms with van der Waals surface area (Å²) in [5.74, 6) is 1.85. The molecule has 0 bridgehead atoms. The van der Waals surface area contributed by atoms with E-state index in [0.717, 1.165) is 36.5 Å². The summed E-state index contributed by atoms with van der Waals surface area (Å²) >= 11 is 0. The first-order valence-corrected chi connectivity index (χ1v) is 12.7. The van der Waals surface area contributed by atoms with Gasteiger partial charge < -0.3 is 15.1 Å². The molecule has 7 nitrogen and oxygen atoms in total. The van der Waals surface area contributed by atoms with Crippen LogP contribution in [0.3, 0.4) is 0 Å². The third kappa shape index (κ3) is 6.24. The van der Waals surface area contributed by atoms with Crippen LogP contribution in [0.1, 0.15) is 31.6 Å². The summed E-state index contributed by atoms with van der Waals surface area (Å²) in [4.78, 5) is 26.1. The number of carbonyl (C=O) groups is 1. The molecular formula is C22H33B6N5O2. The van der Waals surface area contributed by atoms with Crippen LogP contribution in [0, 0.1) is 12.8 Å². The number of aromatic nitrogens is 3. The third-order valence-corrected chi connectivity index (χ3v) is 6.96. The molecule has 1 fully saturated rings. The average molecular weight is 464 g/mol. The first-order chi connectivity index (χ1) is 16.4. The zero-order chi connectivity index (χ0) is 25.4. The van der Waals surface area contributed by atoms with E-state index in [1.165, 1.54) is 0 Å². The number of hydrogen-bond acceptors (Lipinski definition) is 6. The molecule has 0 atom stereocenters. The second-order valence-electron chi connectivity index (χ2n) is 12.1. The Morgan fingerprint density at radius 3 is 2.20 bits per heavy atom. The summed E-state index contributed by atoms with van der Waals surface area (Å²) in [6, 6.07) is 4.69. The zero-order valence-corrected chi connectivity index (χ0v) is 22.1. The molecule has 0 spiro atoms. The van der Waals surface area contributed by atoms with Crippen molar-refractivity contribution in [3.8, 4) is 11.5 Å². The van der Waals surface area contributed by atoms with Crippen LogP contribution in [0.5, 0.6) is 0 Å². The third-order valence-electron chi connectivity index (χ3n) is 6.96. The molecule has 0 aliphatic heterocycles. The molecule has 4 rings (SSSR count). The number of aryl methyl sites for hydroxylation is 1. The number of hydrogen-bond donors (Lipinski definition) is 2. The van der Waals surface area contributed by atoms with Gasteiger partial charge in [0.15, 0.2) is 11.7 Å². The van der Waals surface area contributed by atoms with Gasteiger partial charge in [-0.2, -0.15) is 0 Å². The second kappa shape index (κ2) is 9.92. The Hall–Kier alpha value is -2.41. The van der Waals surface area contributed by atoms with Gasteiger partial charge >= 0.3 is 0 Å². The first kappa shape index (κ1) is 25.7. The van der Waals surface area contributed by atoms with Crippen LogP contribution in [-0.2, 0) is 4.79 Å². The maximum atomic E-state index is 13.0. The molecule has 3 aromatic rings. The Morgan fingerprint density at radius 1 is 0.943 bits per heavy atom. The Morgan fingerprint density at radius 2 is 1.60 bits per heavy atom. The molecular weight excluding hydrogens is 431 g/mol. The number of carbonyl (C=O) groups excluding carboxylic acids is 1. The van der Waals surface area contributed by atoms with Gasteiger partial charge in [0.1, 0.15) is 11.5 Å². The van der Waals surface area contributed by atoms with Crippen LogP contribution in [0.15, 0.2) is 35.1 Å². The monoisotopic (exact) mass is 465 g/mol. The van der Waals surface area contributed by atoms with Crippen molar-refractivity contribution in [2.75, 3.05) is 5.32 Å². The number of oxazole rings is 1. The standard InChI is InChI=1S/C22H33B6N5O2/c1-11-29-10-17(35-11)16-6-13-7-18(31-9-14(13)8-30-16)33-19(34)12-2-4-15(5-3-12)32-20(21(23,24)25)22(26,27)28/h6-10,12,15,20,32H,2-5,23-28H2,1H3,(H,31,33,34)/t12-,15-. The normalized spacial score (nSPS) is 19.1. The minimum absolute atomic E-state index is 0.0124. The van der Waals surface area contributed by atoms with Crippen LogP contribution in [-0.4, -0.2) is 80.0 Å². The number of fused-ring (bicyclic) bond motifs is 1. The number of rotatable bonds is 7. The van der Waals surface area contributed by atoms with E-state index in [1.54, 1.807) is 25.5 Å². The van der Waals surface area contributed by atoms with Crippen LogP contribution < -0.4 is 10.6 Å². The Balaban J connectivity index is 1.38. The Kier molecular flexibility index (Phi) is 7.28. The average Bonchev–Trinajstić information content (AvgIpc) is 3.22. The van der Waals surface area contributed by atoms with Gasteiger partial charge in [0.2, 0.25) is 5.91 Å². The fraction of sp³-hybridized carbons (Fsp3) is 0.455. The van der Waals surface area contributed by atoms with Crippen LogP contribution >= 0.6 is 0 Å². The summed E-state index contributed by atoms with van der Waals surface area (Å²) in [5, 5.41) is 9.17. The molecule has 1 saturated carbocycles. The van der Waals surface area contributed by atoms with Crippen molar-refractivity contribution in [1.29, 1.82) is 0 Å². The first-order valence-electron chi connectivity index (χ1n) is 12.7. The maximum Gasteiger partial charge on any atom is 0.228 e. The van der Waals surface area contributed by atoms with Crippen molar-refractivity contribution in [3.05, 3.63) is 36.6 Å². The number of amides is 1. The topological polar surface area (TPSA) is 92.9 Å². The summed E-state index contributed by atoms with van der Waals surface area (Å²) in [5.41, 5.74) is 0.705. The van der Waals surface area contributed by atoms with E-state index in [4.69, 9.17) is 4.42 Å². The molecule has 3 heterocycles. The van der Waals surface area contributed by atoms with E-state index < -0.39 is 0 Å². The molecule has 1 aliphatic carbocycles. The van der Waals surface area contributed by atoms with Gasteiger partial charge in [0, 0.05) is 36.7 Å². The maximum absolute atomic E-state index is 13.0. The molecule has 13 heteroatoms. The van der Waals surface area contributed by atoms with Gasteiger partial charge in [0.05, 0.1) is 53.3 Å². The van der Waals surface area contributed by atoms with Gasteiger partial charge in [-0.05, 0) is 49.2 Å². The second-order valence-corrected chi connectivity index (χ2v) is 12.1. The largest absolute Gasteiger partial charge is 0.439 e. The van der Waals surface area contributed by atoms with Crippen molar-refractivity contribution in [2.24, 2.45) is 5.92 Å². The molecule has 176 valence electrons. The highest BCUT2D eigenvalue weighted by Gasteiger charge is 2.36. The Labute approximate surface area is 213 Å². The predicted molar refractivity (Wildman–Crippen MR) is 158 cm³/mol. The minimum atomic E-state index is 0.0124. The van der Waals surface area contributed by atoms with Gasteiger partial charge in [-0.25, -0.2) is 9.97 Å². The summed E-state index contributed by atoms with van der Waals surface area (Å²) in [6.07, 6.45) is 8.97. The highest BCUT2D eigenvalue weighted by Crippen LogP contribution is 2.34. The molecule has 0 unspecified atom stereocenters. The summed E-state index contributed by atoms with van der Waals surface area (Å²) < 4.78 is 5.60. The molecule has 0 radical (unpaired) electrons. The zero-order valence-electron chi connectivity index (χ0n) is 22.1. The summed E-state index contributed by atoms with van der Waals surface area (Å²) in [7, 11) is 13.8. The molecule has 1 amide bonds. The summed E-state index contributed by atoms with van der Waals surface area (Å²) in [6.45, 7) is 1.80. The van der Waals surface area contributed by atoms with Crippen LogP contribution in [0.4, 0.5) is 5.82 Å². The van der Waals surface area contributed by atoms with Crippen molar-refractivity contribution in [3.63, 3.8) is 0 Å². The van der Waals surface area contributed by atoms with Crippen LogP contribution in [0.25, 0.3) is 22.2 Å². The van der Waals surface area contributed by atoms with E-state index in [-0.39, 0.29) is 22.1 Å². The number of anilines is 1. The molecule has 1 aliphatic rings. The van der Waals surface area contributed by atoms with Crippen molar-refractivity contribution in [2.45, 2.75) is 54.9 Å². The Bertz CT molecular complexity index is 1190. The molecule has 0 saturated heterocycles. The lowest BCUT2D eigenvalue weighted by atomic mass is 9.27. The predicted octanol–water partition coefficient (Wildman–Crippen LogP) is -2.01. The lowest BCUT2D eigenvalue weighted by molar-refractivity contribution is -0.120. The van der Waals surface area contributed by atoms with E-state index in [2.05, 4.69) is 72.7 Å². The van der Waals surface area contributed by atoms with Gasteiger partial charge in [0.25, 0.3) is 0 Å². The lowest BCUT2D eigenvalue weighted by Gasteiger charge is -2.45. The fourth-order valence-corrected chi connectivity index (χ4v) is 5.51. The van der Waals surface area contributed by atoms with Crippen molar-refractivity contribution < 1.29 is 9.21 Å². The quantitative estimate of drug-likeness (QED) is 0.393. The minimum Gasteiger partial charge on any atom is -0.439 e. The van der Waals surface area contributed by atoms with Crippen LogP contribution in [0.2, 0.25) is 10.2 Å². The SMILES string of the molecule is BC(B)(B)C(N[C@H]1CC[C@H](C(=O)Nc2cc3cc(-c4cnc(C)o4)ncc3cn2)CC1)C(B)(B)B.